The lowest BCUT2D eigenvalue weighted by Gasteiger charge is -2.14. The van der Waals surface area contributed by atoms with Gasteiger partial charge in [0.25, 0.3) is 0 Å². The number of methoxy groups -OCH3 is 1. The highest BCUT2D eigenvalue weighted by Gasteiger charge is 2.21. The van der Waals surface area contributed by atoms with Gasteiger partial charge < -0.3 is 18.9 Å². The molecule has 0 bridgehead atoms. The van der Waals surface area contributed by atoms with Crippen molar-refractivity contribution in [2.45, 2.75) is 20.4 Å². The van der Waals surface area contributed by atoms with Gasteiger partial charge in [0.15, 0.2) is 0 Å². The summed E-state index contributed by atoms with van der Waals surface area (Å²) in [4.78, 5) is 14.4. The van der Waals surface area contributed by atoms with Crippen LogP contribution in [0.5, 0.6) is 5.75 Å². The Bertz CT molecular complexity index is 702. The van der Waals surface area contributed by atoms with Crippen molar-refractivity contribution in [3.63, 3.8) is 0 Å². The molecule has 5 nitrogen and oxygen atoms in total. The van der Waals surface area contributed by atoms with Gasteiger partial charge in [0.2, 0.25) is 0 Å². The molecule has 0 aliphatic rings. The monoisotopic (exact) mass is 304 g/mol. The van der Waals surface area contributed by atoms with Gasteiger partial charge in [0, 0.05) is 35.8 Å². The van der Waals surface area contributed by atoms with E-state index in [1.807, 2.05) is 45.6 Å². The number of nitrogens with zero attached hydrogens (tertiary/aromatic N) is 2. The maximum absolute atomic E-state index is 12.3. The molecule has 0 saturated carbocycles. The topological polar surface area (TPSA) is 43.7 Å². The van der Waals surface area contributed by atoms with E-state index in [0.717, 1.165) is 34.5 Å². The third-order valence-corrected chi connectivity index (χ3v) is 3.86. The minimum Gasteiger partial charge on any atom is -0.496 e. The van der Waals surface area contributed by atoms with Crippen molar-refractivity contribution < 1.29 is 14.3 Å². The van der Waals surface area contributed by atoms with Crippen LogP contribution in [-0.4, -0.2) is 43.2 Å². The molecular weight excluding hydrogens is 280 g/mol. The van der Waals surface area contributed by atoms with Gasteiger partial charge in [0.05, 0.1) is 19.3 Å². The van der Waals surface area contributed by atoms with E-state index in [0.29, 0.717) is 12.2 Å². The molecule has 0 radical (unpaired) electrons. The van der Waals surface area contributed by atoms with Crippen LogP contribution in [0.15, 0.2) is 12.1 Å². The summed E-state index contributed by atoms with van der Waals surface area (Å²) in [6, 6.07) is 4.03. The van der Waals surface area contributed by atoms with E-state index >= 15 is 0 Å². The number of hydrogen-bond acceptors (Lipinski definition) is 4. The van der Waals surface area contributed by atoms with Crippen LogP contribution in [0.25, 0.3) is 10.9 Å². The number of rotatable bonds is 5. The highest BCUT2D eigenvalue weighted by Crippen LogP contribution is 2.32. The summed E-state index contributed by atoms with van der Waals surface area (Å²) in [7, 11) is 7.65. The number of fused-ring (bicyclic) bond motifs is 1. The second kappa shape index (κ2) is 6.40. The van der Waals surface area contributed by atoms with Crippen molar-refractivity contribution >= 4 is 16.9 Å². The van der Waals surface area contributed by atoms with Crippen molar-refractivity contribution in [1.29, 1.82) is 0 Å². The van der Waals surface area contributed by atoms with E-state index in [2.05, 4.69) is 11.0 Å². The highest BCUT2D eigenvalue weighted by atomic mass is 16.5. The Morgan fingerprint density at radius 1 is 1.32 bits per heavy atom. The molecule has 0 unspecified atom stereocenters. The summed E-state index contributed by atoms with van der Waals surface area (Å²) in [5.41, 5.74) is 3.63. The van der Waals surface area contributed by atoms with Crippen molar-refractivity contribution in [3.05, 3.63) is 29.0 Å². The van der Waals surface area contributed by atoms with Crippen LogP contribution in [0.1, 0.15) is 28.5 Å². The number of ether oxygens (including phenoxy) is 2. The molecule has 0 aliphatic heterocycles. The Hall–Kier alpha value is -2.01. The molecule has 0 amide bonds. The summed E-state index contributed by atoms with van der Waals surface area (Å²) < 4.78 is 12.7. The van der Waals surface area contributed by atoms with E-state index in [9.17, 15) is 4.79 Å². The molecule has 0 spiro atoms. The predicted molar refractivity (Wildman–Crippen MR) is 87.6 cm³/mol. The lowest BCUT2D eigenvalue weighted by atomic mass is 10.1. The molecular formula is C17H24N2O3. The van der Waals surface area contributed by atoms with Crippen molar-refractivity contribution in [2.24, 2.45) is 7.05 Å². The summed E-state index contributed by atoms with van der Waals surface area (Å²) >= 11 is 0. The molecule has 0 N–H and O–H groups in total. The molecule has 2 rings (SSSR count). The fraction of sp³-hybridized carbons (Fsp3) is 0.471. The van der Waals surface area contributed by atoms with Crippen molar-refractivity contribution in [1.82, 2.24) is 9.47 Å². The first-order valence-electron chi connectivity index (χ1n) is 7.38. The van der Waals surface area contributed by atoms with Crippen molar-refractivity contribution in [2.75, 3.05) is 27.8 Å². The Balaban J connectivity index is 2.69. The minimum atomic E-state index is -0.284. The minimum absolute atomic E-state index is 0.284. The molecule has 0 atom stereocenters. The Kier molecular flexibility index (Phi) is 4.76. The van der Waals surface area contributed by atoms with E-state index in [1.54, 1.807) is 7.11 Å². The summed E-state index contributed by atoms with van der Waals surface area (Å²) in [6.45, 7) is 4.89. The molecule has 0 aliphatic carbocycles. The number of carbonyl (C=O) groups is 1. The van der Waals surface area contributed by atoms with Gasteiger partial charge in [0.1, 0.15) is 5.75 Å². The number of esters is 1. The maximum atomic E-state index is 12.3. The van der Waals surface area contributed by atoms with Gasteiger partial charge in [-0.2, -0.15) is 0 Å². The standard InChI is InChI=1S/C17H24N2O3/c1-7-22-17(20)16-11(2)19(5)14-8-12(10-18(3)4)15(21-6)9-13(14)16/h8-9H,7,10H2,1-6H3. The third kappa shape index (κ3) is 2.81. The van der Waals surface area contributed by atoms with Gasteiger partial charge in [-0.25, -0.2) is 4.79 Å². The molecule has 1 aromatic carbocycles. The lowest BCUT2D eigenvalue weighted by Crippen LogP contribution is -2.11. The summed E-state index contributed by atoms with van der Waals surface area (Å²) in [6.07, 6.45) is 0. The normalized spacial score (nSPS) is 11.2. The fourth-order valence-corrected chi connectivity index (χ4v) is 2.75. The smallest absolute Gasteiger partial charge is 0.340 e. The van der Waals surface area contributed by atoms with Gasteiger partial charge in [-0.1, -0.05) is 0 Å². The van der Waals surface area contributed by atoms with Crippen LogP contribution in [0.4, 0.5) is 0 Å². The first-order valence-corrected chi connectivity index (χ1v) is 7.38. The quantitative estimate of drug-likeness (QED) is 0.797. The Labute approximate surface area is 131 Å². The van der Waals surface area contributed by atoms with Gasteiger partial charge in [-0.15, -0.1) is 0 Å². The molecule has 5 heteroatoms. The zero-order valence-electron chi connectivity index (χ0n) is 14.2. The zero-order chi connectivity index (χ0) is 16.4. The summed E-state index contributed by atoms with van der Waals surface area (Å²) in [5.74, 6) is 0.505. The van der Waals surface area contributed by atoms with Crippen molar-refractivity contribution in [3.8, 4) is 5.75 Å². The van der Waals surface area contributed by atoms with Crippen LogP contribution in [0.2, 0.25) is 0 Å². The molecule has 0 fully saturated rings. The van der Waals surface area contributed by atoms with Crippen LogP contribution < -0.4 is 4.74 Å². The van der Waals surface area contributed by atoms with Gasteiger partial charge in [-0.3, -0.25) is 0 Å². The second-order valence-corrected chi connectivity index (χ2v) is 5.66. The Morgan fingerprint density at radius 2 is 2.00 bits per heavy atom. The molecule has 0 saturated heterocycles. The maximum Gasteiger partial charge on any atom is 0.340 e. The number of aryl methyl sites for hydroxylation is 1. The molecule has 22 heavy (non-hydrogen) atoms. The zero-order valence-corrected chi connectivity index (χ0v) is 14.2. The first-order chi connectivity index (χ1) is 10.4. The van der Waals surface area contributed by atoms with Crippen LogP contribution in [0, 0.1) is 6.92 Å². The predicted octanol–water partition coefficient (Wildman–Crippen LogP) is 2.73. The SMILES string of the molecule is CCOC(=O)c1c(C)n(C)c2cc(CN(C)C)c(OC)cc12. The van der Waals surface area contributed by atoms with Crippen LogP contribution >= 0.6 is 0 Å². The average molecular weight is 304 g/mol. The van der Waals surface area contributed by atoms with E-state index in [-0.39, 0.29) is 5.97 Å². The number of hydrogen-bond donors (Lipinski definition) is 0. The summed E-state index contributed by atoms with van der Waals surface area (Å²) in [5, 5.41) is 0.873. The Morgan fingerprint density at radius 3 is 2.55 bits per heavy atom. The molecule has 120 valence electrons. The lowest BCUT2D eigenvalue weighted by molar-refractivity contribution is 0.0527. The number of benzene rings is 1. The molecule has 1 heterocycles. The fourth-order valence-electron chi connectivity index (χ4n) is 2.75. The van der Waals surface area contributed by atoms with Gasteiger partial charge >= 0.3 is 5.97 Å². The average Bonchev–Trinajstić information content (AvgIpc) is 2.70. The first kappa shape index (κ1) is 16.4. The number of aromatic nitrogens is 1. The third-order valence-electron chi connectivity index (χ3n) is 3.86. The largest absolute Gasteiger partial charge is 0.496 e. The van der Waals surface area contributed by atoms with E-state index in [1.165, 1.54) is 0 Å². The van der Waals surface area contributed by atoms with Crippen LogP contribution in [-0.2, 0) is 18.3 Å². The molecule has 1 aromatic heterocycles. The second-order valence-electron chi connectivity index (χ2n) is 5.66. The highest BCUT2D eigenvalue weighted by molar-refractivity contribution is 6.06. The van der Waals surface area contributed by atoms with E-state index in [4.69, 9.17) is 9.47 Å². The van der Waals surface area contributed by atoms with Crippen LogP contribution in [0.3, 0.4) is 0 Å². The molecule has 2 aromatic rings. The number of carbonyl (C=O) groups excluding carboxylic acids is 1. The van der Waals surface area contributed by atoms with Gasteiger partial charge in [-0.05, 0) is 40.1 Å². The van der Waals surface area contributed by atoms with E-state index < -0.39 is 0 Å².